The second-order valence-corrected chi connectivity index (χ2v) is 9.21. The van der Waals surface area contributed by atoms with Crippen molar-refractivity contribution in [3.63, 3.8) is 0 Å². The number of nitrogens with zero attached hydrogens (tertiary/aromatic N) is 4. The number of carbonyl (C=O) groups excluding carboxylic acids is 2. The quantitative estimate of drug-likeness (QED) is 0.149. The number of rotatable bonds is 14. The van der Waals surface area contributed by atoms with Gasteiger partial charge < -0.3 is 50.0 Å². The maximum Gasteiger partial charge on any atom is 2.00 e. The third-order valence-electron chi connectivity index (χ3n) is 4.47. The zero-order valence-electron chi connectivity index (χ0n) is 20.8. The molecule has 0 amide bonds. The topological polar surface area (TPSA) is 284 Å². The van der Waals surface area contributed by atoms with Crippen LogP contribution in [0.5, 0.6) is 0 Å². The fraction of sp³-hybridized carbons (Fsp3) is 0.273. The number of hydrogen-bond acceptors (Lipinski definition) is 14. The first kappa shape index (κ1) is 37.3. The van der Waals surface area contributed by atoms with E-state index in [9.17, 15) is 39.0 Å². The Morgan fingerprint density at radius 2 is 0.927 bits per heavy atom. The minimum Gasteiger partial charge on any atom is -0.550 e. The molecule has 0 spiro atoms. The summed E-state index contributed by atoms with van der Waals surface area (Å²) in [5, 5.41) is 77.2. The summed E-state index contributed by atoms with van der Waals surface area (Å²) in [6, 6.07) is 3.54. The first-order valence-electron chi connectivity index (χ1n) is 10.5. The molecule has 4 N–H and O–H groups in total. The van der Waals surface area contributed by atoms with E-state index in [4.69, 9.17) is 30.9 Å². The largest absolute Gasteiger partial charge is 2.00 e. The van der Waals surface area contributed by atoms with E-state index in [-0.39, 0.29) is 77.7 Å². The molecule has 0 saturated heterocycles. The summed E-state index contributed by atoms with van der Waals surface area (Å²) in [6.45, 7) is -2.42. The molecule has 0 aliphatic heterocycles. The molecule has 0 aliphatic carbocycles. The first-order valence-corrected chi connectivity index (χ1v) is 12.2. The first-order chi connectivity index (χ1) is 18.7. The fourth-order valence-electron chi connectivity index (χ4n) is 3.09. The second-order valence-electron chi connectivity index (χ2n) is 7.49. The molecule has 0 aromatic carbocycles. The molecule has 0 bridgehead atoms. The average Bonchev–Trinajstić information content (AvgIpc) is 3.39. The number of anilines is 2. The molecule has 0 fully saturated rings. The van der Waals surface area contributed by atoms with Crippen LogP contribution in [0.25, 0.3) is 0 Å². The van der Waals surface area contributed by atoms with Crippen LogP contribution >= 0.6 is 22.7 Å². The summed E-state index contributed by atoms with van der Waals surface area (Å²) in [6.07, 6.45) is -0.985. The van der Waals surface area contributed by atoms with Crippen LogP contribution in [-0.4, -0.2) is 128 Å². The van der Waals surface area contributed by atoms with Gasteiger partial charge in [-0.25, -0.2) is 0 Å². The minimum absolute atomic E-state index is 0. The van der Waals surface area contributed by atoms with Crippen LogP contribution in [0.15, 0.2) is 10.8 Å². The summed E-state index contributed by atoms with van der Waals surface area (Å²) in [7, 11) is 0. The summed E-state index contributed by atoms with van der Waals surface area (Å²) in [5.74, 6) is -7.80. The van der Waals surface area contributed by atoms with E-state index in [1.807, 2.05) is 0 Å². The maximum absolute atomic E-state index is 10.7. The van der Waals surface area contributed by atoms with Gasteiger partial charge in [0, 0.05) is 24.8 Å². The Morgan fingerprint density at radius 1 is 0.659 bits per heavy atom. The van der Waals surface area contributed by atoms with Gasteiger partial charge in [-0.2, -0.15) is 10.5 Å². The average molecular weight is 682 g/mol. The summed E-state index contributed by atoms with van der Waals surface area (Å²) >= 11 is 1.84. The number of hydrogen-bond donors (Lipinski definition) is 4. The van der Waals surface area contributed by atoms with Crippen LogP contribution < -0.4 is 20.0 Å². The molecule has 16 nitrogen and oxygen atoms in total. The Balaban J connectivity index is 0.000000762. The van der Waals surface area contributed by atoms with Gasteiger partial charge in [-0.15, -0.1) is 22.7 Å². The van der Waals surface area contributed by atoms with Crippen LogP contribution in [0.3, 0.4) is 0 Å². The normalized spacial score (nSPS) is 9.51. The van der Waals surface area contributed by atoms with Crippen LogP contribution in [0.4, 0.5) is 10.0 Å². The fourth-order valence-corrected chi connectivity index (χ4v) is 5.15. The van der Waals surface area contributed by atoms with Crippen LogP contribution in [0.2, 0.25) is 0 Å². The van der Waals surface area contributed by atoms with E-state index in [0.717, 1.165) is 32.5 Å². The number of thiophene rings is 2. The third-order valence-corrected chi connectivity index (χ3v) is 6.64. The van der Waals surface area contributed by atoms with Crippen molar-refractivity contribution in [1.29, 1.82) is 10.5 Å². The van der Waals surface area contributed by atoms with Crippen molar-refractivity contribution in [3.8, 4) is 12.1 Å². The van der Waals surface area contributed by atoms with E-state index in [1.54, 1.807) is 12.1 Å². The molecule has 0 aliphatic rings. The van der Waals surface area contributed by atoms with Crippen molar-refractivity contribution in [1.82, 2.24) is 0 Å². The molecule has 2 heterocycles. The predicted octanol–water partition coefficient (Wildman–Crippen LogP) is -2.61. The Hall–Kier alpha value is -3.72. The molecule has 0 unspecified atom stereocenters. The smallest absolute Gasteiger partial charge is 0.550 e. The Kier molecular flexibility index (Phi) is 16.2. The second kappa shape index (κ2) is 17.9. The predicted molar refractivity (Wildman–Crippen MR) is 136 cm³/mol. The molecule has 2 aromatic heterocycles. The SMILES string of the molecule is N#Cc1c(CC(=O)[O-])csc1N(CC(=O)O)CC(=O)O.N#Cc1c(CC(=O)[O-])csc1N(CC(=O)O)CC(=O)O.[Sr+2]. The van der Waals surface area contributed by atoms with Crippen molar-refractivity contribution in [2.24, 2.45) is 0 Å². The Labute approximate surface area is 275 Å². The maximum atomic E-state index is 10.7. The third kappa shape index (κ3) is 12.6. The molecule has 0 atom stereocenters. The summed E-state index contributed by atoms with van der Waals surface area (Å²) in [4.78, 5) is 66.0. The van der Waals surface area contributed by atoms with Crippen molar-refractivity contribution in [2.75, 3.05) is 36.0 Å². The molecular formula is C22H18N4O12S2Sr. The zero-order chi connectivity index (χ0) is 30.6. The molecule has 0 saturated carbocycles. The van der Waals surface area contributed by atoms with Crippen molar-refractivity contribution in [3.05, 3.63) is 33.0 Å². The van der Waals surface area contributed by atoms with E-state index < -0.39 is 74.8 Å². The van der Waals surface area contributed by atoms with E-state index in [0.29, 0.717) is 0 Å². The minimum atomic E-state index is -1.38. The monoisotopic (exact) mass is 682 g/mol. The van der Waals surface area contributed by atoms with Crippen molar-refractivity contribution in [2.45, 2.75) is 12.8 Å². The van der Waals surface area contributed by atoms with Gasteiger partial charge in [0.2, 0.25) is 0 Å². The molecular weight excluding hydrogens is 664 g/mol. The van der Waals surface area contributed by atoms with Crippen LogP contribution in [0, 0.1) is 22.7 Å². The van der Waals surface area contributed by atoms with Gasteiger partial charge in [0.15, 0.2) is 0 Å². The van der Waals surface area contributed by atoms with Gasteiger partial charge in [-0.1, -0.05) is 0 Å². The van der Waals surface area contributed by atoms with Crippen LogP contribution in [-0.2, 0) is 41.6 Å². The van der Waals surface area contributed by atoms with Gasteiger partial charge in [-0.05, 0) is 21.9 Å². The van der Waals surface area contributed by atoms with Gasteiger partial charge >= 0.3 is 69.4 Å². The molecule has 19 heteroatoms. The van der Waals surface area contributed by atoms with Gasteiger partial charge in [-0.3, -0.25) is 19.2 Å². The molecule has 2 aromatic rings. The standard InChI is InChI=1S/2C11H10N2O6S.Sr/c2*12-2-7-6(1-8(14)15)5-20-11(7)13(3-9(16)17)4-10(18)19;/h2*5H,1,3-4H2,(H,14,15)(H,16,17)(H,18,19);/q;;+2/p-2. The number of aliphatic carboxylic acids is 6. The van der Waals surface area contributed by atoms with Crippen molar-refractivity contribution >= 4 is 114 Å². The molecule has 212 valence electrons. The van der Waals surface area contributed by atoms with Gasteiger partial charge in [0.05, 0.1) is 11.1 Å². The number of carboxylic acid groups (broad SMARTS) is 6. The zero-order valence-corrected chi connectivity index (χ0v) is 25.9. The van der Waals surface area contributed by atoms with Crippen LogP contribution in [0.1, 0.15) is 22.3 Å². The summed E-state index contributed by atoms with van der Waals surface area (Å²) < 4.78 is 0. The molecule has 2 rings (SSSR count). The van der Waals surface area contributed by atoms with Gasteiger partial charge in [0.1, 0.15) is 48.3 Å². The summed E-state index contributed by atoms with van der Waals surface area (Å²) in [5.41, 5.74) is 0.268. The van der Waals surface area contributed by atoms with E-state index >= 15 is 0 Å². The number of carboxylic acids is 6. The van der Waals surface area contributed by atoms with E-state index in [2.05, 4.69) is 0 Å². The molecule has 41 heavy (non-hydrogen) atoms. The van der Waals surface area contributed by atoms with E-state index in [1.165, 1.54) is 10.8 Å². The Bertz CT molecular complexity index is 1260. The molecule has 0 radical (unpaired) electrons. The van der Waals surface area contributed by atoms with Crippen molar-refractivity contribution < 1.29 is 59.4 Å². The number of carbonyl (C=O) groups is 6. The van der Waals surface area contributed by atoms with Gasteiger partial charge in [0.25, 0.3) is 0 Å². The Morgan fingerprint density at radius 3 is 1.12 bits per heavy atom. The number of nitriles is 2.